The van der Waals surface area contributed by atoms with Gasteiger partial charge in [-0.3, -0.25) is 0 Å². The fraction of sp³-hybridized carbons (Fsp3) is 0.167. The standard InChI is InChI=1S/C18H17N3O2/c1-3-23-18(22)15-10-7-11-16(12-15)21-19-13(2)17(20-21)14-8-5-4-6-9-14/h4-12H,3H2,1-2H3. The Labute approximate surface area is 134 Å². The normalized spacial score (nSPS) is 10.5. The maximum Gasteiger partial charge on any atom is 0.338 e. The first kappa shape index (κ1) is 15.0. The fourth-order valence-electron chi connectivity index (χ4n) is 2.33. The number of carbonyl (C=O) groups is 1. The molecule has 3 rings (SSSR count). The number of hydrogen-bond acceptors (Lipinski definition) is 4. The van der Waals surface area contributed by atoms with Crippen molar-refractivity contribution in [1.29, 1.82) is 0 Å². The number of carbonyl (C=O) groups excluding carboxylic acids is 1. The third-order valence-electron chi connectivity index (χ3n) is 3.42. The van der Waals surface area contributed by atoms with Crippen molar-refractivity contribution in [3.8, 4) is 16.9 Å². The molecular weight excluding hydrogens is 290 g/mol. The summed E-state index contributed by atoms with van der Waals surface area (Å²) in [4.78, 5) is 13.4. The average Bonchev–Trinajstić information content (AvgIpc) is 2.98. The number of benzene rings is 2. The lowest BCUT2D eigenvalue weighted by molar-refractivity contribution is 0.0526. The molecule has 0 spiro atoms. The molecule has 0 fully saturated rings. The van der Waals surface area contributed by atoms with Crippen LogP contribution in [0, 0.1) is 6.92 Å². The molecule has 0 unspecified atom stereocenters. The van der Waals surface area contributed by atoms with Gasteiger partial charge in [-0.1, -0.05) is 36.4 Å². The van der Waals surface area contributed by atoms with Gasteiger partial charge in [0.25, 0.3) is 0 Å². The van der Waals surface area contributed by atoms with Crippen LogP contribution in [0.3, 0.4) is 0 Å². The molecule has 5 heteroatoms. The molecule has 2 aromatic carbocycles. The number of ether oxygens (including phenoxy) is 1. The van der Waals surface area contributed by atoms with E-state index in [4.69, 9.17) is 4.74 Å². The maximum absolute atomic E-state index is 11.8. The predicted octanol–water partition coefficient (Wildman–Crippen LogP) is 3.42. The molecule has 0 radical (unpaired) electrons. The van der Waals surface area contributed by atoms with Crippen LogP contribution >= 0.6 is 0 Å². The van der Waals surface area contributed by atoms with Crippen molar-refractivity contribution < 1.29 is 9.53 Å². The first-order chi connectivity index (χ1) is 11.2. The molecular formula is C18H17N3O2. The first-order valence-corrected chi connectivity index (χ1v) is 7.46. The first-order valence-electron chi connectivity index (χ1n) is 7.46. The molecule has 1 aromatic heterocycles. The molecule has 0 atom stereocenters. The van der Waals surface area contributed by atoms with E-state index in [1.165, 1.54) is 0 Å². The minimum Gasteiger partial charge on any atom is -0.462 e. The SMILES string of the molecule is CCOC(=O)c1cccc(-n2nc(C)c(-c3ccccc3)n2)c1. The Morgan fingerprint density at radius 2 is 1.87 bits per heavy atom. The highest BCUT2D eigenvalue weighted by atomic mass is 16.5. The lowest BCUT2D eigenvalue weighted by Crippen LogP contribution is -2.06. The summed E-state index contributed by atoms with van der Waals surface area (Å²) in [5, 5.41) is 9.01. The highest BCUT2D eigenvalue weighted by molar-refractivity contribution is 5.90. The topological polar surface area (TPSA) is 57.0 Å². The van der Waals surface area contributed by atoms with Crippen molar-refractivity contribution in [2.45, 2.75) is 13.8 Å². The van der Waals surface area contributed by atoms with Gasteiger partial charge in [0.1, 0.15) is 5.69 Å². The molecule has 0 bridgehead atoms. The number of hydrogen-bond donors (Lipinski definition) is 0. The third-order valence-corrected chi connectivity index (χ3v) is 3.42. The van der Waals surface area contributed by atoms with Crippen molar-refractivity contribution in [2.75, 3.05) is 6.61 Å². The summed E-state index contributed by atoms with van der Waals surface area (Å²) in [6, 6.07) is 17.0. The summed E-state index contributed by atoms with van der Waals surface area (Å²) in [6.45, 7) is 4.05. The smallest absolute Gasteiger partial charge is 0.338 e. The second-order valence-corrected chi connectivity index (χ2v) is 5.06. The Bertz CT molecular complexity index is 825. The second kappa shape index (κ2) is 6.44. The van der Waals surface area contributed by atoms with E-state index in [0.29, 0.717) is 12.2 Å². The molecule has 0 saturated heterocycles. The largest absolute Gasteiger partial charge is 0.462 e. The zero-order valence-corrected chi connectivity index (χ0v) is 13.1. The number of aryl methyl sites for hydroxylation is 1. The van der Waals surface area contributed by atoms with Crippen LogP contribution < -0.4 is 0 Å². The molecule has 1 heterocycles. The number of esters is 1. The zero-order valence-electron chi connectivity index (χ0n) is 13.1. The Morgan fingerprint density at radius 3 is 2.61 bits per heavy atom. The number of aromatic nitrogens is 3. The van der Waals surface area contributed by atoms with Gasteiger partial charge in [0.05, 0.1) is 23.6 Å². The Morgan fingerprint density at radius 1 is 1.09 bits per heavy atom. The molecule has 0 aliphatic rings. The van der Waals surface area contributed by atoms with Gasteiger partial charge in [-0.05, 0) is 32.0 Å². The maximum atomic E-state index is 11.8. The molecule has 0 aliphatic carbocycles. The highest BCUT2D eigenvalue weighted by Gasteiger charge is 2.12. The molecule has 23 heavy (non-hydrogen) atoms. The van der Waals surface area contributed by atoms with E-state index in [1.54, 1.807) is 29.9 Å². The Balaban J connectivity index is 1.97. The molecule has 0 amide bonds. The second-order valence-electron chi connectivity index (χ2n) is 5.06. The molecule has 0 saturated carbocycles. The van der Waals surface area contributed by atoms with E-state index < -0.39 is 0 Å². The van der Waals surface area contributed by atoms with Crippen LogP contribution in [0.4, 0.5) is 0 Å². The van der Waals surface area contributed by atoms with E-state index in [-0.39, 0.29) is 5.97 Å². The highest BCUT2D eigenvalue weighted by Crippen LogP contribution is 2.20. The molecule has 3 aromatic rings. The summed E-state index contributed by atoms with van der Waals surface area (Å²) < 4.78 is 5.03. The van der Waals surface area contributed by atoms with Crippen LogP contribution in [-0.4, -0.2) is 27.6 Å². The van der Waals surface area contributed by atoms with Crippen LogP contribution in [0.25, 0.3) is 16.9 Å². The van der Waals surface area contributed by atoms with E-state index in [0.717, 1.165) is 22.6 Å². The molecule has 5 nitrogen and oxygen atoms in total. The quantitative estimate of drug-likeness (QED) is 0.693. The van der Waals surface area contributed by atoms with Crippen molar-refractivity contribution in [3.05, 3.63) is 65.9 Å². The summed E-state index contributed by atoms with van der Waals surface area (Å²) >= 11 is 0. The Hall–Kier alpha value is -2.95. The monoisotopic (exact) mass is 307 g/mol. The number of nitrogens with zero attached hydrogens (tertiary/aromatic N) is 3. The lowest BCUT2D eigenvalue weighted by atomic mass is 10.1. The average molecular weight is 307 g/mol. The minimum absolute atomic E-state index is 0.346. The van der Waals surface area contributed by atoms with Crippen LogP contribution in [0.2, 0.25) is 0 Å². The summed E-state index contributed by atoms with van der Waals surface area (Å²) in [5.41, 5.74) is 3.88. The van der Waals surface area contributed by atoms with Crippen molar-refractivity contribution in [1.82, 2.24) is 15.0 Å². The summed E-state index contributed by atoms with van der Waals surface area (Å²) in [6.07, 6.45) is 0. The van der Waals surface area contributed by atoms with E-state index in [2.05, 4.69) is 10.2 Å². The van der Waals surface area contributed by atoms with E-state index in [9.17, 15) is 4.79 Å². The van der Waals surface area contributed by atoms with Gasteiger partial charge < -0.3 is 4.74 Å². The van der Waals surface area contributed by atoms with Gasteiger partial charge in [-0.2, -0.15) is 9.90 Å². The summed E-state index contributed by atoms with van der Waals surface area (Å²) in [7, 11) is 0. The third kappa shape index (κ3) is 3.13. The van der Waals surface area contributed by atoms with Crippen LogP contribution in [0.1, 0.15) is 23.0 Å². The van der Waals surface area contributed by atoms with Gasteiger partial charge in [0.15, 0.2) is 0 Å². The lowest BCUT2D eigenvalue weighted by Gasteiger charge is -2.04. The zero-order chi connectivity index (χ0) is 16.2. The van der Waals surface area contributed by atoms with Crippen molar-refractivity contribution in [3.63, 3.8) is 0 Å². The number of rotatable bonds is 4. The molecule has 0 N–H and O–H groups in total. The summed E-state index contributed by atoms with van der Waals surface area (Å²) in [5.74, 6) is -0.346. The van der Waals surface area contributed by atoms with Crippen molar-refractivity contribution >= 4 is 5.97 Å². The van der Waals surface area contributed by atoms with Gasteiger partial charge >= 0.3 is 5.97 Å². The van der Waals surface area contributed by atoms with E-state index >= 15 is 0 Å². The Kier molecular flexibility index (Phi) is 4.19. The molecule has 0 aliphatic heterocycles. The van der Waals surface area contributed by atoms with Gasteiger partial charge in [-0.25, -0.2) is 4.79 Å². The van der Waals surface area contributed by atoms with Gasteiger partial charge in [0, 0.05) is 5.56 Å². The van der Waals surface area contributed by atoms with Crippen LogP contribution in [-0.2, 0) is 4.74 Å². The minimum atomic E-state index is -0.346. The molecule has 116 valence electrons. The van der Waals surface area contributed by atoms with Crippen molar-refractivity contribution in [2.24, 2.45) is 0 Å². The van der Waals surface area contributed by atoms with Crippen LogP contribution in [0.5, 0.6) is 0 Å². The van der Waals surface area contributed by atoms with Crippen LogP contribution in [0.15, 0.2) is 54.6 Å². The predicted molar refractivity (Wildman–Crippen MR) is 87.5 cm³/mol. The fourth-order valence-corrected chi connectivity index (χ4v) is 2.33. The van der Waals surface area contributed by atoms with E-state index in [1.807, 2.05) is 43.3 Å². The van der Waals surface area contributed by atoms with Gasteiger partial charge in [-0.15, -0.1) is 5.10 Å². The van der Waals surface area contributed by atoms with Gasteiger partial charge in [0.2, 0.25) is 0 Å².